The first kappa shape index (κ1) is 14.8. The average molecular weight is 291 g/mol. The second-order valence-electron chi connectivity index (χ2n) is 5.41. The Labute approximate surface area is 124 Å². The number of ether oxygens (including phenoxy) is 1. The monoisotopic (exact) mass is 291 g/mol. The molecule has 0 bridgehead atoms. The third-order valence-electron chi connectivity index (χ3n) is 2.53. The molecule has 108 valence electrons. The lowest BCUT2D eigenvalue weighted by atomic mass is 10.2. The summed E-state index contributed by atoms with van der Waals surface area (Å²) in [7, 11) is 0. The van der Waals surface area contributed by atoms with Crippen molar-refractivity contribution in [2.24, 2.45) is 5.92 Å². The minimum Gasteiger partial charge on any atom is -0.493 e. The molecule has 0 aliphatic heterocycles. The Morgan fingerprint density at radius 3 is 2.60 bits per heavy atom. The molecule has 5 heteroatoms. The van der Waals surface area contributed by atoms with Crippen molar-refractivity contribution in [1.29, 1.82) is 0 Å². The molecule has 0 aliphatic carbocycles. The van der Waals surface area contributed by atoms with Crippen LogP contribution in [0.2, 0.25) is 0 Å². The van der Waals surface area contributed by atoms with Crippen LogP contribution in [0, 0.1) is 5.92 Å². The largest absolute Gasteiger partial charge is 0.493 e. The second kappa shape index (κ2) is 6.70. The van der Waals surface area contributed by atoms with Crippen molar-refractivity contribution in [3.8, 4) is 16.3 Å². The van der Waals surface area contributed by atoms with Crippen LogP contribution < -0.4 is 10.1 Å². The Morgan fingerprint density at radius 2 is 1.90 bits per heavy atom. The highest BCUT2D eigenvalue weighted by Gasteiger charge is 2.12. The zero-order valence-corrected chi connectivity index (χ0v) is 13.2. The fraction of sp³-hybridized carbons (Fsp3) is 0.467. The van der Waals surface area contributed by atoms with E-state index in [1.54, 1.807) is 11.3 Å². The van der Waals surface area contributed by atoms with Gasteiger partial charge in [0.1, 0.15) is 5.75 Å². The van der Waals surface area contributed by atoms with Crippen LogP contribution in [0.25, 0.3) is 10.6 Å². The lowest BCUT2D eigenvalue weighted by molar-refractivity contribution is 0.272. The SMILES string of the molecule is CC(C)COc1ccccc1-c1nnc(NC(C)C)s1. The Balaban J connectivity index is 2.21. The number of para-hydroxylation sites is 1. The van der Waals surface area contributed by atoms with Crippen LogP contribution in [0.1, 0.15) is 27.7 Å². The van der Waals surface area contributed by atoms with Gasteiger partial charge in [0, 0.05) is 6.04 Å². The molecule has 0 unspecified atom stereocenters. The van der Waals surface area contributed by atoms with Crippen molar-refractivity contribution in [1.82, 2.24) is 10.2 Å². The molecule has 0 aliphatic rings. The number of rotatable bonds is 6. The summed E-state index contributed by atoms with van der Waals surface area (Å²) in [6, 6.07) is 8.33. The van der Waals surface area contributed by atoms with Gasteiger partial charge in [0.2, 0.25) is 5.13 Å². The van der Waals surface area contributed by atoms with E-state index in [4.69, 9.17) is 4.74 Å². The number of anilines is 1. The van der Waals surface area contributed by atoms with E-state index in [2.05, 4.69) is 43.2 Å². The van der Waals surface area contributed by atoms with E-state index in [1.807, 2.05) is 24.3 Å². The molecule has 20 heavy (non-hydrogen) atoms. The predicted octanol–water partition coefficient (Wildman–Crippen LogP) is 4.06. The average Bonchev–Trinajstić information content (AvgIpc) is 2.84. The number of benzene rings is 1. The molecule has 1 N–H and O–H groups in total. The topological polar surface area (TPSA) is 47.0 Å². The van der Waals surface area contributed by atoms with Crippen molar-refractivity contribution < 1.29 is 4.74 Å². The van der Waals surface area contributed by atoms with E-state index >= 15 is 0 Å². The number of aromatic nitrogens is 2. The molecule has 0 saturated heterocycles. The minimum atomic E-state index is 0.350. The summed E-state index contributed by atoms with van der Waals surface area (Å²) in [5.41, 5.74) is 1.00. The van der Waals surface area contributed by atoms with Gasteiger partial charge in [-0.15, -0.1) is 10.2 Å². The maximum atomic E-state index is 5.86. The molecule has 2 rings (SSSR count). The first-order valence-electron chi connectivity index (χ1n) is 6.88. The van der Waals surface area contributed by atoms with Crippen LogP contribution in [0.5, 0.6) is 5.75 Å². The highest BCUT2D eigenvalue weighted by molar-refractivity contribution is 7.18. The van der Waals surface area contributed by atoms with E-state index in [0.717, 1.165) is 21.5 Å². The standard InChI is InChI=1S/C15H21N3OS/c1-10(2)9-19-13-8-6-5-7-12(13)14-17-18-15(20-14)16-11(3)4/h5-8,10-11H,9H2,1-4H3,(H,16,18). The lowest BCUT2D eigenvalue weighted by Crippen LogP contribution is -2.08. The summed E-state index contributed by atoms with van der Waals surface area (Å²) >= 11 is 1.55. The number of nitrogens with zero attached hydrogens (tertiary/aromatic N) is 2. The Morgan fingerprint density at radius 1 is 1.15 bits per heavy atom. The summed E-state index contributed by atoms with van der Waals surface area (Å²) in [6.45, 7) is 9.14. The van der Waals surface area contributed by atoms with Gasteiger partial charge in [-0.2, -0.15) is 0 Å². The van der Waals surface area contributed by atoms with Crippen molar-refractivity contribution in [3.05, 3.63) is 24.3 Å². The molecule has 0 spiro atoms. The molecule has 0 atom stereocenters. The first-order chi connectivity index (χ1) is 9.56. The highest BCUT2D eigenvalue weighted by Crippen LogP contribution is 2.33. The minimum absolute atomic E-state index is 0.350. The van der Waals surface area contributed by atoms with Crippen LogP contribution in [-0.2, 0) is 0 Å². The third-order valence-corrected chi connectivity index (χ3v) is 3.41. The summed E-state index contributed by atoms with van der Waals surface area (Å²) in [4.78, 5) is 0. The normalized spacial score (nSPS) is 11.1. The molecule has 2 aromatic rings. The highest BCUT2D eigenvalue weighted by atomic mass is 32.1. The molecule has 1 aromatic carbocycles. The van der Waals surface area contributed by atoms with Gasteiger partial charge in [-0.3, -0.25) is 0 Å². The molecule has 0 amide bonds. The van der Waals surface area contributed by atoms with Crippen LogP contribution >= 0.6 is 11.3 Å². The molecular weight excluding hydrogens is 270 g/mol. The van der Waals surface area contributed by atoms with Gasteiger partial charge >= 0.3 is 0 Å². The molecule has 1 aromatic heterocycles. The van der Waals surface area contributed by atoms with Gasteiger partial charge in [0.05, 0.1) is 12.2 Å². The van der Waals surface area contributed by atoms with Crippen LogP contribution in [-0.4, -0.2) is 22.8 Å². The number of hydrogen-bond donors (Lipinski definition) is 1. The Bertz CT molecular complexity index is 552. The molecule has 0 fully saturated rings. The van der Waals surface area contributed by atoms with Crippen LogP contribution in [0.4, 0.5) is 5.13 Å². The van der Waals surface area contributed by atoms with E-state index in [0.29, 0.717) is 18.6 Å². The maximum Gasteiger partial charge on any atom is 0.206 e. The molecule has 4 nitrogen and oxygen atoms in total. The van der Waals surface area contributed by atoms with Crippen molar-refractivity contribution >= 4 is 16.5 Å². The van der Waals surface area contributed by atoms with Crippen LogP contribution in [0.15, 0.2) is 24.3 Å². The van der Waals surface area contributed by atoms with Crippen molar-refractivity contribution in [2.75, 3.05) is 11.9 Å². The predicted molar refractivity (Wildman–Crippen MR) is 84.4 cm³/mol. The van der Waals surface area contributed by atoms with Gasteiger partial charge in [-0.1, -0.05) is 37.3 Å². The van der Waals surface area contributed by atoms with Crippen LogP contribution in [0.3, 0.4) is 0 Å². The summed E-state index contributed by atoms with van der Waals surface area (Å²) in [6.07, 6.45) is 0. The van der Waals surface area contributed by atoms with Gasteiger partial charge < -0.3 is 10.1 Å². The maximum absolute atomic E-state index is 5.86. The zero-order chi connectivity index (χ0) is 14.5. The second-order valence-corrected chi connectivity index (χ2v) is 6.39. The van der Waals surface area contributed by atoms with Gasteiger partial charge in [-0.25, -0.2) is 0 Å². The lowest BCUT2D eigenvalue weighted by Gasteiger charge is -2.11. The van der Waals surface area contributed by atoms with E-state index < -0.39 is 0 Å². The smallest absolute Gasteiger partial charge is 0.206 e. The summed E-state index contributed by atoms with van der Waals surface area (Å²) < 4.78 is 5.86. The van der Waals surface area contributed by atoms with E-state index in [9.17, 15) is 0 Å². The molecule has 1 heterocycles. The van der Waals surface area contributed by atoms with Crippen molar-refractivity contribution in [3.63, 3.8) is 0 Å². The fourth-order valence-electron chi connectivity index (χ4n) is 1.66. The molecule has 0 saturated carbocycles. The van der Waals surface area contributed by atoms with E-state index in [1.165, 1.54) is 0 Å². The van der Waals surface area contributed by atoms with E-state index in [-0.39, 0.29) is 0 Å². The third kappa shape index (κ3) is 3.93. The Kier molecular flexibility index (Phi) is 4.95. The fourth-order valence-corrected chi connectivity index (χ4v) is 2.58. The number of hydrogen-bond acceptors (Lipinski definition) is 5. The van der Waals surface area contributed by atoms with Gasteiger partial charge in [-0.05, 0) is 31.9 Å². The van der Waals surface area contributed by atoms with Crippen molar-refractivity contribution in [2.45, 2.75) is 33.7 Å². The first-order valence-corrected chi connectivity index (χ1v) is 7.70. The zero-order valence-electron chi connectivity index (χ0n) is 12.4. The van der Waals surface area contributed by atoms with Gasteiger partial charge in [0.25, 0.3) is 0 Å². The molecule has 0 radical (unpaired) electrons. The summed E-state index contributed by atoms with van der Waals surface area (Å²) in [5.74, 6) is 1.36. The number of nitrogens with one attached hydrogen (secondary N) is 1. The quantitative estimate of drug-likeness (QED) is 0.872. The van der Waals surface area contributed by atoms with Gasteiger partial charge in [0.15, 0.2) is 5.01 Å². The summed E-state index contributed by atoms with van der Waals surface area (Å²) in [5, 5.41) is 13.4. The Hall–Kier alpha value is -1.62. The molecular formula is C15H21N3OS.